The SMILES string of the molecule is Cc1ccc(Cn2nc(C(=O)Nc3ccc(Br)cc3F)ccc2=O)cc1. The number of aryl methyl sites for hydroxylation is 1. The lowest BCUT2D eigenvalue weighted by molar-refractivity contribution is 0.101. The summed E-state index contributed by atoms with van der Waals surface area (Å²) in [5, 5.41) is 6.55. The Kier molecular flexibility index (Phi) is 5.27. The van der Waals surface area contributed by atoms with Gasteiger partial charge in [0.1, 0.15) is 11.5 Å². The van der Waals surface area contributed by atoms with E-state index in [0.717, 1.165) is 11.1 Å². The highest BCUT2D eigenvalue weighted by atomic mass is 79.9. The third kappa shape index (κ3) is 4.23. The van der Waals surface area contributed by atoms with Crippen LogP contribution in [0.15, 0.2) is 63.9 Å². The van der Waals surface area contributed by atoms with E-state index in [0.29, 0.717) is 4.47 Å². The first-order chi connectivity index (χ1) is 12.4. The molecule has 0 radical (unpaired) electrons. The Labute approximate surface area is 157 Å². The highest BCUT2D eigenvalue weighted by Gasteiger charge is 2.13. The molecule has 1 aromatic heterocycles. The Morgan fingerprint density at radius 3 is 2.58 bits per heavy atom. The van der Waals surface area contributed by atoms with Crippen LogP contribution < -0.4 is 10.9 Å². The molecule has 2 aromatic carbocycles. The monoisotopic (exact) mass is 415 g/mol. The number of carbonyl (C=O) groups excluding carboxylic acids is 1. The zero-order valence-electron chi connectivity index (χ0n) is 13.9. The van der Waals surface area contributed by atoms with Gasteiger partial charge in [0.25, 0.3) is 11.5 Å². The molecule has 0 saturated heterocycles. The number of carbonyl (C=O) groups is 1. The summed E-state index contributed by atoms with van der Waals surface area (Å²) in [5.41, 5.74) is 1.74. The van der Waals surface area contributed by atoms with E-state index < -0.39 is 11.7 Å². The Morgan fingerprint density at radius 1 is 1.15 bits per heavy atom. The van der Waals surface area contributed by atoms with Gasteiger partial charge in [0.05, 0.1) is 12.2 Å². The summed E-state index contributed by atoms with van der Waals surface area (Å²) in [6, 6.07) is 14.6. The van der Waals surface area contributed by atoms with E-state index in [9.17, 15) is 14.0 Å². The molecule has 3 aromatic rings. The molecule has 0 bridgehead atoms. The van der Waals surface area contributed by atoms with Crippen molar-refractivity contribution in [2.24, 2.45) is 0 Å². The van der Waals surface area contributed by atoms with E-state index in [4.69, 9.17) is 0 Å². The lowest BCUT2D eigenvalue weighted by Crippen LogP contribution is -2.26. The van der Waals surface area contributed by atoms with Crippen LogP contribution in [0.3, 0.4) is 0 Å². The maximum Gasteiger partial charge on any atom is 0.276 e. The van der Waals surface area contributed by atoms with Crippen molar-refractivity contribution in [1.29, 1.82) is 0 Å². The molecular weight excluding hydrogens is 401 g/mol. The topological polar surface area (TPSA) is 64.0 Å². The fraction of sp³-hybridized carbons (Fsp3) is 0.105. The molecule has 1 heterocycles. The Balaban J connectivity index is 1.83. The van der Waals surface area contributed by atoms with Crippen LogP contribution in [0.4, 0.5) is 10.1 Å². The van der Waals surface area contributed by atoms with Gasteiger partial charge < -0.3 is 5.32 Å². The van der Waals surface area contributed by atoms with Gasteiger partial charge in [0.2, 0.25) is 0 Å². The zero-order chi connectivity index (χ0) is 18.7. The zero-order valence-corrected chi connectivity index (χ0v) is 15.5. The molecule has 3 rings (SSSR count). The molecule has 0 saturated carbocycles. The Morgan fingerprint density at radius 2 is 1.88 bits per heavy atom. The first-order valence-electron chi connectivity index (χ1n) is 7.82. The van der Waals surface area contributed by atoms with Crippen LogP contribution >= 0.6 is 15.9 Å². The number of anilines is 1. The summed E-state index contributed by atoms with van der Waals surface area (Å²) in [5.74, 6) is -1.16. The molecule has 0 aliphatic heterocycles. The first-order valence-corrected chi connectivity index (χ1v) is 8.62. The summed E-state index contributed by atoms with van der Waals surface area (Å²) in [4.78, 5) is 24.4. The third-order valence-corrected chi connectivity index (χ3v) is 4.22. The fourth-order valence-corrected chi connectivity index (χ4v) is 2.66. The molecule has 0 aliphatic rings. The molecule has 0 atom stereocenters. The molecule has 1 N–H and O–H groups in total. The van der Waals surface area contributed by atoms with Crippen LogP contribution in [0.5, 0.6) is 0 Å². The van der Waals surface area contributed by atoms with Gasteiger partial charge >= 0.3 is 0 Å². The van der Waals surface area contributed by atoms with Gasteiger partial charge in [-0.05, 0) is 36.8 Å². The van der Waals surface area contributed by atoms with Gasteiger partial charge in [0.15, 0.2) is 0 Å². The van der Waals surface area contributed by atoms with Crippen molar-refractivity contribution in [2.45, 2.75) is 13.5 Å². The van der Waals surface area contributed by atoms with Gasteiger partial charge in [-0.1, -0.05) is 45.8 Å². The lowest BCUT2D eigenvalue weighted by atomic mass is 10.1. The summed E-state index contributed by atoms with van der Waals surface area (Å²) < 4.78 is 15.6. The van der Waals surface area contributed by atoms with Crippen molar-refractivity contribution in [3.05, 3.63) is 92.1 Å². The molecule has 1 amide bonds. The van der Waals surface area contributed by atoms with Crippen LogP contribution in [0.25, 0.3) is 0 Å². The number of nitrogens with zero attached hydrogens (tertiary/aromatic N) is 2. The number of aromatic nitrogens is 2. The van der Waals surface area contributed by atoms with E-state index in [2.05, 4.69) is 26.3 Å². The summed E-state index contributed by atoms with van der Waals surface area (Å²) in [7, 11) is 0. The van der Waals surface area contributed by atoms with Crippen molar-refractivity contribution >= 4 is 27.5 Å². The van der Waals surface area contributed by atoms with E-state index in [1.165, 1.54) is 28.9 Å². The minimum absolute atomic E-state index is 0.0269. The number of hydrogen-bond donors (Lipinski definition) is 1. The fourth-order valence-electron chi connectivity index (χ4n) is 2.33. The third-order valence-electron chi connectivity index (χ3n) is 3.73. The average molecular weight is 416 g/mol. The molecule has 0 fully saturated rings. The van der Waals surface area contributed by atoms with E-state index in [-0.39, 0.29) is 23.5 Å². The van der Waals surface area contributed by atoms with E-state index in [1.807, 2.05) is 31.2 Å². The molecule has 26 heavy (non-hydrogen) atoms. The van der Waals surface area contributed by atoms with Crippen LogP contribution in [0.2, 0.25) is 0 Å². The van der Waals surface area contributed by atoms with Crippen molar-refractivity contribution in [1.82, 2.24) is 9.78 Å². The Hall–Kier alpha value is -2.80. The van der Waals surface area contributed by atoms with Gasteiger partial charge in [-0.25, -0.2) is 9.07 Å². The summed E-state index contributed by atoms with van der Waals surface area (Å²) in [6.45, 7) is 2.22. The van der Waals surface area contributed by atoms with Crippen molar-refractivity contribution in [2.75, 3.05) is 5.32 Å². The predicted octanol–water partition coefficient (Wildman–Crippen LogP) is 3.75. The molecule has 0 unspecified atom stereocenters. The molecule has 0 spiro atoms. The molecule has 0 aliphatic carbocycles. The largest absolute Gasteiger partial charge is 0.318 e. The molecule has 132 valence electrons. The Bertz CT molecular complexity index is 1020. The normalized spacial score (nSPS) is 10.6. The maximum absolute atomic E-state index is 13.9. The van der Waals surface area contributed by atoms with Crippen molar-refractivity contribution < 1.29 is 9.18 Å². The van der Waals surface area contributed by atoms with E-state index >= 15 is 0 Å². The number of rotatable bonds is 4. The van der Waals surface area contributed by atoms with E-state index in [1.54, 1.807) is 6.07 Å². The first kappa shape index (κ1) is 18.0. The molecular formula is C19H15BrFN3O2. The number of halogens is 2. The van der Waals surface area contributed by atoms with Gasteiger partial charge in [0, 0.05) is 10.5 Å². The van der Waals surface area contributed by atoms with Crippen LogP contribution in [0, 0.1) is 12.7 Å². The second-order valence-electron chi connectivity index (χ2n) is 5.78. The highest BCUT2D eigenvalue weighted by Crippen LogP contribution is 2.19. The lowest BCUT2D eigenvalue weighted by Gasteiger charge is -2.09. The average Bonchev–Trinajstić information content (AvgIpc) is 2.61. The predicted molar refractivity (Wildman–Crippen MR) is 101 cm³/mol. The number of hydrogen-bond acceptors (Lipinski definition) is 3. The number of amides is 1. The van der Waals surface area contributed by atoms with Crippen molar-refractivity contribution in [3.63, 3.8) is 0 Å². The smallest absolute Gasteiger partial charge is 0.276 e. The standard InChI is InChI=1S/C19H15BrFN3O2/c1-12-2-4-13(5-3-12)11-24-18(25)9-8-17(23-24)19(26)22-16-7-6-14(20)10-15(16)21/h2-10H,11H2,1H3,(H,22,26). The molecule has 5 nitrogen and oxygen atoms in total. The maximum atomic E-state index is 13.9. The van der Waals surface area contributed by atoms with Crippen LogP contribution in [0.1, 0.15) is 21.6 Å². The quantitative estimate of drug-likeness (QED) is 0.705. The van der Waals surface area contributed by atoms with Gasteiger partial charge in [-0.3, -0.25) is 9.59 Å². The second-order valence-corrected chi connectivity index (χ2v) is 6.69. The summed E-state index contributed by atoms with van der Waals surface area (Å²) >= 11 is 3.16. The minimum atomic E-state index is -0.594. The van der Waals surface area contributed by atoms with Crippen LogP contribution in [-0.2, 0) is 6.54 Å². The van der Waals surface area contributed by atoms with Crippen LogP contribution in [-0.4, -0.2) is 15.7 Å². The minimum Gasteiger partial charge on any atom is -0.318 e. The number of nitrogens with one attached hydrogen (secondary N) is 1. The van der Waals surface area contributed by atoms with Gasteiger partial charge in [-0.2, -0.15) is 5.10 Å². The molecule has 7 heteroatoms. The second kappa shape index (κ2) is 7.61. The summed E-state index contributed by atoms with van der Waals surface area (Å²) in [6.07, 6.45) is 0. The number of benzene rings is 2. The van der Waals surface area contributed by atoms with Gasteiger partial charge in [-0.15, -0.1) is 0 Å². The van der Waals surface area contributed by atoms with Crippen molar-refractivity contribution in [3.8, 4) is 0 Å². The highest BCUT2D eigenvalue weighted by molar-refractivity contribution is 9.10.